The van der Waals surface area contributed by atoms with Crippen LogP contribution in [0.3, 0.4) is 0 Å². The van der Waals surface area contributed by atoms with Gasteiger partial charge in [0.05, 0.1) is 6.04 Å². The summed E-state index contributed by atoms with van der Waals surface area (Å²) < 4.78 is 2.53. The van der Waals surface area contributed by atoms with Crippen molar-refractivity contribution in [3.05, 3.63) is 18.2 Å². The van der Waals surface area contributed by atoms with Gasteiger partial charge in [-0.15, -0.1) is 0 Å². The molecule has 0 bridgehead atoms. The molecule has 0 aliphatic rings. The molecule has 1 N–H and O–H groups in total. The number of aryl methyl sites for hydroxylation is 1. The van der Waals surface area contributed by atoms with Gasteiger partial charge in [0.2, 0.25) is 0 Å². The van der Waals surface area contributed by atoms with Crippen LogP contribution in [0.2, 0.25) is 0 Å². The van der Waals surface area contributed by atoms with E-state index in [-0.39, 0.29) is 0 Å². The molecule has 0 amide bonds. The third kappa shape index (κ3) is 5.02. The summed E-state index contributed by atoms with van der Waals surface area (Å²) in [5.74, 6) is 2.24. The molecule has 0 radical (unpaired) electrons. The van der Waals surface area contributed by atoms with E-state index in [1.165, 1.54) is 5.82 Å². The van der Waals surface area contributed by atoms with Crippen molar-refractivity contribution in [2.24, 2.45) is 0 Å². The average Bonchev–Trinajstić information content (AvgIpc) is 2.76. The van der Waals surface area contributed by atoms with E-state index in [1.54, 1.807) is 0 Å². The first-order valence-electron chi connectivity index (χ1n) is 6.86. The second kappa shape index (κ2) is 7.19. The highest BCUT2D eigenvalue weighted by Gasteiger charge is 2.19. The van der Waals surface area contributed by atoms with Gasteiger partial charge in [-0.05, 0) is 19.9 Å². The number of hydrogen-bond donors (Lipinski definition) is 1. The summed E-state index contributed by atoms with van der Waals surface area (Å²) >= 11 is 1.99. The smallest absolute Gasteiger partial charge is 0.126 e. The molecule has 0 aliphatic carbocycles. The Morgan fingerprint density at radius 3 is 2.67 bits per heavy atom. The maximum absolute atomic E-state index is 4.53. The largest absolute Gasteiger partial charge is 0.334 e. The van der Waals surface area contributed by atoms with Gasteiger partial charge in [0, 0.05) is 29.4 Å². The normalized spacial score (nSPS) is 13.8. The molecule has 4 heteroatoms. The average molecular weight is 269 g/mol. The minimum atomic E-state index is 0.301. The lowest BCUT2D eigenvalue weighted by atomic mass is 10.2. The van der Waals surface area contributed by atoms with Gasteiger partial charge in [-0.25, -0.2) is 4.98 Å². The molecule has 0 aromatic carbocycles. The maximum Gasteiger partial charge on any atom is 0.126 e. The zero-order valence-electron chi connectivity index (χ0n) is 12.4. The minimum absolute atomic E-state index is 0.301. The number of hydrogen-bond acceptors (Lipinski definition) is 3. The monoisotopic (exact) mass is 269 g/mol. The van der Waals surface area contributed by atoms with Gasteiger partial charge in [-0.3, -0.25) is 0 Å². The fourth-order valence-electron chi connectivity index (χ4n) is 1.77. The number of thioether (sulfide) groups is 1. The number of nitrogens with one attached hydrogen (secondary N) is 1. The van der Waals surface area contributed by atoms with Crippen LogP contribution in [0.15, 0.2) is 12.4 Å². The number of aromatic nitrogens is 2. The standard InChI is InChI=1S/C14H27N3S/c1-6-8-15-12(11-18-14(3,4)5)13-16-9-10-17(13)7-2/h9-10,12,15H,6-8,11H2,1-5H3. The molecule has 18 heavy (non-hydrogen) atoms. The Bertz CT molecular complexity index is 341. The van der Waals surface area contributed by atoms with Crippen LogP contribution in [-0.4, -0.2) is 26.6 Å². The van der Waals surface area contributed by atoms with Gasteiger partial charge in [-0.1, -0.05) is 27.7 Å². The van der Waals surface area contributed by atoms with Gasteiger partial charge in [-0.2, -0.15) is 11.8 Å². The first-order valence-corrected chi connectivity index (χ1v) is 7.84. The van der Waals surface area contributed by atoms with Crippen LogP contribution in [-0.2, 0) is 6.54 Å². The van der Waals surface area contributed by atoms with Crippen molar-refractivity contribution in [2.75, 3.05) is 12.3 Å². The van der Waals surface area contributed by atoms with E-state index in [0.717, 1.165) is 25.3 Å². The molecule has 104 valence electrons. The molecular formula is C14H27N3S. The van der Waals surface area contributed by atoms with Gasteiger partial charge in [0.1, 0.15) is 5.82 Å². The SMILES string of the molecule is CCCNC(CSC(C)(C)C)c1nccn1CC. The van der Waals surface area contributed by atoms with E-state index in [1.807, 2.05) is 18.0 Å². The van der Waals surface area contributed by atoms with E-state index < -0.39 is 0 Å². The predicted molar refractivity (Wildman–Crippen MR) is 81.1 cm³/mol. The Morgan fingerprint density at radius 1 is 1.39 bits per heavy atom. The zero-order chi connectivity index (χ0) is 13.6. The highest BCUT2D eigenvalue weighted by molar-refractivity contribution is 8.00. The summed E-state index contributed by atoms with van der Waals surface area (Å²) in [5, 5.41) is 3.61. The highest BCUT2D eigenvalue weighted by Crippen LogP contribution is 2.28. The van der Waals surface area contributed by atoms with Crippen LogP contribution in [0, 0.1) is 0 Å². The van der Waals surface area contributed by atoms with Crippen molar-refractivity contribution < 1.29 is 0 Å². The number of nitrogens with zero attached hydrogens (tertiary/aromatic N) is 2. The molecule has 1 rings (SSSR count). The molecule has 3 nitrogen and oxygen atoms in total. The molecule has 0 aliphatic heterocycles. The topological polar surface area (TPSA) is 29.9 Å². The molecular weight excluding hydrogens is 242 g/mol. The second-order valence-electron chi connectivity index (χ2n) is 5.50. The first kappa shape index (κ1) is 15.6. The number of imidazole rings is 1. The lowest BCUT2D eigenvalue weighted by Gasteiger charge is -2.24. The lowest BCUT2D eigenvalue weighted by Crippen LogP contribution is -2.28. The summed E-state index contributed by atoms with van der Waals surface area (Å²) in [4.78, 5) is 4.53. The van der Waals surface area contributed by atoms with Crippen molar-refractivity contribution >= 4 is 11.8 Å². The lowest BCUT2D eigenvalue weighted by molar-refractivity contribution is 0.521. The summed E-state index contributed by atoms with van der Waals surface area (Å²) in [7, 11) is 0. The molecule has 0 saturated heterocycles. The van der Waals surface area contributed by atoms with E-state index in [4.69, 9.17) is 0 Å². The van der Waals surface area contributed by atoms with E-state index in [9.17, 15) is 0 Å². The van der Waals surface area contributed by atoms with Crippen molar-refractivity contribution in [3.63, 3.8) is 0 Å². The van der Waals surface area contributed by atoms with Crippen molar-refractivity contribution in [1.29, 1.82) is 0 Å². The summed E-state index contributed by atoms with van der Waals surface area (Å²) in [6, 6.07) is 0.351. The van der Waals surface area contributed by atoms with E-state index in [0.29, 0.717) is 10.8 Å². The van der Waals surface area contributed by atoms with Gasteiger partial charge in [0.25, 0.3) is 0 Å². The molecule has 0 fully saturated rings. The Kier molecular flexibility index (Phi) is 6.22. The summed E-state index contributed by atoms with van der Waals surface area (Å²) in [5.41, 5.74) is 0. The maximum atomic E-state index is 4.53. The quantitative estimate of drug-likeness (QED) is 0.822. The van der Waals surface area contributed by atoms with Crippen LogP contribution in [0.1, 0.15) is 52.9 Å². The highest BCUT2D eigenvalue weighted by atomic mass is 32.2. The predicted octanol–water partition coefficient (Wildman–Crippen LogP) is 3.48. The summed E-state index contributed by atoms with van der Waals surface area (Å²) in [6.45, 7) is 13.2. The van der Waals surface area contributed by atoms with Crippen molar-refractivity contribution in [1.82, 2.24) is 14.9 Å². The van der Waals surface area contributed by atoms with E-state index in [2.05, 4.69) is 55.7 Å². The molecule has 0 spiro atoms. The van der Waals surface area contributed by atoms with Gasteiger partial charge < -0.3 is 9.88 Å². The van der Waals surface area contributed by atoms with Crippen LogP contribution in [0.5, 0.6) is 0 Å². The Morgan fingerprint density at radius 2 is 2.11 bits per heavy atom. The second-order valence-corrected chi connectivity index (χ2v) is 7.35. The fraction of sp³-hybridized carbons (Fsp3) is 0.786. The van der Waals surface area contributed by atoms with Gasteiger partial charge in [0.15, 0.2) is 0 Å². The third-order valence-electron chi connectivity index (χ3n) is 2.72. The van der Waals surface area contributed by atoms with Crippen LogP contribution in [0.4, 0.5) is 0 Å². The summed E-state index contributed by atoms with van der Waals surface area (Å²) in [6.07, 6.45) is 5.13. The van der Waals surface area contributed by atoms with Crippen LogP contribution in [0.25, 0.3) is 0 Å². The van der Waals surface area contributed by atoms with Crippen LogP contribution >= 0.6 is 11.8 Å². The Labute approximate surface area is 116 Å². The van der Waals surface area contributed by atoms with E-state index >= 15 is 0 Å². The minimum Gasteiger partial charge on any atom is -0.334 e. The Hall–Kier alpha value is -0.480. The van der Waals surface area contributed by atoms with Crippen molar-refractivity contribution in [2.45, 2.75) is 58.4 Å². The Balaban J connectivity index is 2.71. The fourth-order valence-corrected chi connectivity index (χ4v) is 2.71. The molecule has 1 heterocycles. The molecule has 0 saturated carbocycles. The molecule has 1 unspecified atom stereocenters. The van der Waals surface area contributed by atoms with Crippen LogP contribution < -0.4 is 5.32 Å². The molecule has 1 aromatic heterocycles. The number of rotatable bonds is 7. The van der Waals surface area contributed by atoms with Gasteiger partial charge >= 0.3 is 0 Å². The third-order valence-corrected chi connectivity index (χ3v) is 4.09. The van der Waals surface area contributed by atoms with Crippen molar-refractivity contribution in [3.8, 4) is 0 Å². The molecule has 1 aromatic rings. The molecule has 1 atom stereocenters. The first-order chi connectivity index (χ1) is 8.48. The zero-order valence-corrected chi connectivity index (χ0v) is 13.2.